The molecule has 1 atom stereocenters. The van der Waals surface area contributed by atoms with Crippen LogP contribution in [0.15, 0.2) is 0 Å². The number of hydrogen-bond acceptors (Lipinski definition) is 3. The third-order valence-corrected chi connectivity index (χ3v) is 2.70. The molecule has 1 rings (SSSR count). The van der Waals surface area contributed by atoms with E-state index in [4.69, 9.17) is 10.8 Å². The van der Waals surface area contributed by atoms with Gasteiger partial charge in [0.05, 0.1) is 0 Å². The monoisotopic (exact) mass is 186 g/mol. The molecule has 4 N–H and O–H groups in total. The smallest absolute Gasteiger partial charge is 0.322 e. The minimum atomic E-state index is -0.851. The first kappa shape index (κ1) is 10.5. The second kappa shape index (κ2) is 5.19. The van der Waals surface area contributed by atoms with E-state index >= 15 is 0 Å². The van der Waals surface area contributed by atoms with Crippen molar-refractivity contribution >= 4 is 5.97 Å². The van der Waals surface area contributed by atoms with E-state index in [1.54, 1.807) is 0 Å². The molecule has 0 aromatic heterocycles. The lowest BCUT2D eigenvalue weighted by Gasteiger charge is -2.25. The van der Waals surface area contributed by atoms with E-state index in [-0.39, 0.29) is 6.54 Å². The van der Waals surface area contributed by atoms with Gasteiger partial charge in [-0.05, 0) is 18.9 Å². The fourth-order valence-corrected chi connectivity index (χ4v) is 1.51. The summed E-state index contributed by atoms with van der Waals surface area (Å²) in [7, 11) is 0. The van der Waals surface area contributed by atoms with Crippen LogP contribution in [0, 0.1) is 5.92 Å². The molecular formula is C9H18N2O2. The predicted octanol–water partition coefficient (Wildman–Crippen LogP) is 0.178. The highest BCUT2D eigenvalue weighted by Gasteiger charge is 2.18. The topological polar surface area (TPSA) is 75.3 Å². The molecule has 0 bridgehead atoms. The summed E-state index contributed by atoms with van der Waals surface area (Å²) >= 11 is 0. The van der Waals surface area contributed by atoms with Gasteiger partial charge in [-0.2, -0.15) is 0 Å². The van der Waals surface area contributed by atoms with E-state index in [0.717, 1.165) is 18.9 Å². The Hall–Kier alpha value is -0.610. The van der Waals surface area contributed by atoms with E-state index in [0.29, 0.717) is 0 Å². The molecule has 4 nitrogen and oxygen atoms in total. The second-order valence-corrected chi connectivity index (χ2v) is 3.67. The fourth-order valence-electron chi connectivity index (χ4n) is 1.51. The van der Waals surface area contributed by atoms with Crippen molar-refractivity contribution in [3.05, 3.63) is 0 Å². The summed E-state index contributed by atoms with van der Waals surface area (Å²) < 4.78 is 0. The van der Waals surface area contributed by atoms with E-state index in [1.165, 1.54) is 19.3 Å². The average Bonchev–Trinajstić information content (AvgIpc) is 2.00. The normalized spacial score (nSPS) is 19.5. The van der Waals surface area contributed by atoms with Gasteiger partial charge in [-0.1, -0.05) is 19.3 Å². The summed E-state index contributed by atoms with van der Waals surface area (Å²) in [5.74, 6) is -0.0316. The van der Waals surface area contributed by atoms with Gasteiger partial charge in [0.25, 0.3) is 0 Å². The van der Waals surface area contributed by atoms with E-state index in [1.807, 2.05) is 0 Å². The Morgan fingerprint density at radius 1 is 1.62 bits per heavy atom. The zero-order valence-corrected chi connectivity index (χ0v) is 7.83. The van der Waals surface area contributed by atoms with Gasteiger partial charge in [0.1, 0.15) is 6.04 Å². The summed E-state index contributed by atoms with van der Waals surface area (Å²) in [6.45, 7) is 0.943. The molecule has 1 unspecified atom stereocenters. The summed E-state index contributed by atoms with van der Waals surface area (Å²) in [6.07, 6.45) is 5.04. The van der Waals surface area contributed by atoms with Crippen molar-refractivity contribution in [1.29, 1.82) is 0 Å². The van der Waals surface area contributed by atoms with Crippen molar-refractivity contribution in [3.8, 4) is 0 Å². The van der Waals surface area contributed by atoms with Crippen LogP contribution in [0.5, 0.6) is 0 Å². The van der Waals surface area contributed by atoms with Crippen LogP contribution in [0.3, 0.4) is 0 Å². The van der Waals surface area contributed by atoms with Crippen molar-refractivity contribution in [2.24, 2.45) is 11.7 Å². The largest absolute Gasteiger partial charge is 0.480 e. The van der Waals surface area contributed by atoms with Gasteiger partial charge in [-0.15, -0.1) is 0 Å². The number of hydrogen-bond donors (Lipinski definition) is 3. The van der Waals surface area contributed by atoms with E-state index in [9.17, 15) is 4.79 Å². The van der Waals surface area contributed by atoms with Crippen LogP contribution in [0.4, 0.5) is 0 Å². The Morgan fingerprint density at radius 3 is 2.69 bits per heavy atom. The van der Waals surface area contributed by atoms with Crippen molar-refractivity contribution in [1.82, 2.24) is 5.32 Å². The lowest BCUT2D eigenvalue weighted by atomic mass is 9.83. The molecule has 1 aliphatic rings. The SMILES string of the molecule is NCC(NCCC1CCC1)C(=O)O. The summed E-state index contributed by atoms with van der Waals surface area (Å²) in [5, 5.41) is 11.6. The first-order valence-electron chi connectivity index (χ1n) is 4.90. The zero-order chi connectivity index (χ0) is 9.68. The van der Waals surface area contributed by atoms with Crippen LogP contribution < -0.4 is 11.1 Å². The number of aliphatic carboxylic acids is 1. The van der Waals surface area contributed by atoms with Crippen LogP contribution in [0.1, 0.15) is 25.7 Å². The van der Waals surface area contributed by atoms with Crippen LogP contribution in [0.2, 0.25) is 0 Å². The molecule has 0 aromatic rings. The Morgan fingerprint density at radius 2 is 2.31 bits per heavy atom. The van der Waals surface area contributed by atoms with Crippen molar-refractivity contribution in [2.75, 3.05) is 13.1 Å². The minimum Gasteiger partial charge on any atom is -0.480 e. The maximum absolute atomic E-state index is 10.5. The molecule has 4 heteroatoms. The maximum Gasteiger partial charge on any atom is 0.322 e. The van der Waals surface area contributed by atoms with E-state index < -0.39 is 12.0 Å². The zero-order valence-electron chi connectivity index (χ0n) is 7.83. The number of rotatable bonds is 6. The number of carboxylic acids is 1. The molecule has 1 fully saturated rings. The predicted molar refractivity (Wildman–Crippen MR) is 50.4 cm³/mol. The fraction of sp³-hybridized carbons (Fsp3) is 0.889. The van der Waals surface area contributed by atoms with Crippen LogP contribution in [-0.4, -0.2) is 30.2 Å². The van der Waals surface area contributed by atoms with Crippen molar-refractivity contribution in [2.45, 2.75) is 31.7 Å². The third-order valence-electron chi connectivity index (χ3n) is 2.70. The van der Waals surface area contributed by atoms with Gasteiger partial charge in [0.2, 0.25) is 0 Å². The average molecular weight is 186 g/mol. The molecule has 1 saturated carbocycles. The number of carboxylic acid groups (broad SMARTS) is 1. The van der Waals surface area contributed by atoms with Crippen LogP contribution in [0.25, 0.3) is 0 Å². The molecule has 76 valence electrons. The van der Waals surface area contributed by atoms with Crippen LogP contribution in [-0.2, 0) is 4.79 Å². The number of nitrogens with one attached hydrogen (secondary N) is 1. The molecule has 0 aromatic carbocycles. The van der Waals surface area contributed by atoms with Gasteiger partial charge in [-0.3, -0.25) is 4.79 Å². The lowest BCUT2D eigenvalue weighted by Crippen LogP contribution is -2.43. The molecule has 0 amide bonds. The highest BCUT2D eigenvalue weighted by molar-refractivity contribution is 5.73. The quantitative estimate of drug-likeness (QED) is 0.553. The van der Waals surface area contributed by atoms with Gasteiger partial charge in [0, 0.05) is 6.54 Å². The molecular weight excluding hydrogens is 168 g/mol. The van der Waals surface area contributed by atoms with Gasteiger partial charge >= 0.3 is 5.97 Å². The molecule has 0 radical (unpaired) electrons. The minimum absolute atomic E-state index is 0.167. The first-order valence-corrected chi connectivity index (χ1v) is 4.90. The van der Waals surface area contributed by atoms with Gasteiger partial charge in [0.15, 0.2) is 0 Å². The second-order valence-electron chi connectivity index (χ2n) is 3.67. The number of nitrogens with two attached hydrogens (primary N) is 1. The summed E-state index contributed by atoms with van der Waals surface area (Å²) in [6, 6.07) is -0.569. The van der Waals surface area contributed by atoms with Gasteiger partial charge in [-0.25, -0.2) is 0 Å². The molecule has 1 aliphatic carbocycles. The Bertz CT molecular complexity index is 169. The highest BCUT2D eigenvalue weighted by Crippen LogP contribution is 2.28. The summed E-state index contributed by atoms with van der Waals surface area (Å²) in [4.78, 5) is 10.5. The standard InChI is InChI=1S/C9H18N2O2/c10-6-8(9(12)13)11-5-4-7-2-1-3-7/h7-8,11H,1-6,10H2,(H,12,13). The Balaban J connectivity index is 2.05. The Kier molecular flexibility index (Phi) is 4.18. The summed E-state index contributed by atoms with van der Waals surface area (Å²) in [5.41, 5.74) is 5.29. The molecule has 0 aliphatic heterocycles. The van der Waals surface area contributed by atoms with E-state index in [2.05, 4.69) is 5.32 Å². The number of carbonyl (C=O) groups is 1. The van der Waals surface area contributed by atoms with Crippen molar-refractivity contribution < 1.29 is 9.90 Å². The Labute approximate surface area is 78.5 Å². The maximum atomic E-state index is 10.5. The third kappa shape index (κ3) is 3.32. The molecule has 0 saturated heterocycles. The van der Waals surface area contributed by atoms with Crippen molar-refractivity contribution in [3.63, 3.8) is 0 Å². The highest BCUT2D eigenvalue weighted by atomic mass is 16.4. The van der Waals surface area contributed by atoms with Gasteiger partial charge < -0.3 is 16.2 Å². The van der Waals surface area contributed by atoms with Crippen LogP contribution >= 0.6 is 0 Å². The molecule has 13 heavy (non-hydrogen) atoms. The molecule has 0 heterocycles. The molecule has 0 spiro atoms. The lowest BCUT2D eigenvalue weighted by molar-refractivity contribution is -0.139. The first-order chi connectivity index (χ1) is 6.24.